The monoisotopic (exact) mass is 260 g/mol. The number of hydrogen-bond acceptors (Lipinski definition) is 4. The lowest BCUT2D eigenvalue weighted by Gasteiger charge is -2.02. The molecule has 102 valence electrons. The van der Waals surface area contributed by atoms with Crippen molar-refractivity contribution in [2.24, 2.45) is 0 Å². The Hall–Kier alpha value is -1.72. The Kier molecular flexibility index (Phi) is 4.65. The highest BCUT2D eigenvalue weighted by Gasteiger charge is 2.13. The Morgan fingerprint density at radius 2 is 1.95 bits per heavy atom. The number of aliphatic hydroxyl groups excluding tert-OH is 1. The summed E-state index contributed by atoms with van der Waals surface area (Å²) in [7, 11) is 0. The van der Waals surface area contributed by atoms with Crippen LogP contribution in [-0.4, -0.2) is 33.3 Å². The predicted molar refractivity (Wildman–Crippen MR) is 74.6 cm³/mol. The molecule has 5 heteroatoms. The first kappa shape index (κ1) is 13.7. The second-order valence-electron chi connectivity index (χ2n) is 4.68. The third-order valence-electron chi connectivity index (χ3n) is 2.79. The molecule has 1 aromatic carbocycles. The summed E-state index contributed by atoms with van der Waals surface area (Å²) in [6.07, 6.45) is 0. The standard InChI is InChI=1S/C14H20N4O/c1-11(2)18-16-13(10-15-8-9-19)14(17-18)12-6-4-3-5-7-12/h3-7,11,15,19H,8-10H2,1-2H3. The van der Waals surface area contributed by atoms with E-state index in [4.69, 9.17) is 5.11 Å². The van der Waals surface area contributed by atoms with Crippen molar-refractivity contribution in [3.05, 3.63) is 36.0 Å². The van der Waals surface area contributed by atoms with E-state index >= 15 is 0 Å². The summed E-state index contributed by atoms with van der Waals surface area (Å²) < 4.78 is 0. The maximum absolute atomic E-state index is 8.82. The predicted octanol–water partition coefficient (Wildman–Crippen LogP) is 1.61. The molecule has 0 atom stereocenters. The summed E-state index contributed by atoms with van der Waals surface area (Å²) in [4.78, 5) is 1.73. The SMILES string of the molecule is CC(C)n1nc(CNCCO)c(-c2ccccc2)n1. The molecule has 0 unspecified atom stereocenters. The number of nitrogens with one attached hydrogen (secondary N) is 1. The van der Waals surface area contributed by atoms with Crippen LogP contribution in [0.15, 0.2) is 30.3 Å². The molecule has 2 N–H and O–H groups in total. The van der Waals surface area contributed by atoms with Crippen molar-refractivity contribution in [3.63, 3.8) is 0 Å². The largest absolute Gasteiger partial charge is 0.395 e. The molecule has 0 saturated carbocycles. The van der Waals surface area contributed by atoms with Crippen LogP contribution in [0.5, 0.6) is 0 Å². The second kappa shape index (κ2) is 6.45. The molecule has 5 nitrogen and oxygen atoms in total. The van der Waals surface area contributed by atoms with E-state index < -0.39 is 0 Å². The normalized spacial score (nSPS) is 11.2. The Balaban J connectivity index is 2.29. The van der Waals surface area contributed by atoms with Crippen LogP contribution in [0.3, 0.4) is 0 Å². The zero-order valence-corrected chi connectivity index (χ0v) is 11.4. The fraction of sp³-hybridized carbons (Fsp3) is 0.429. The Bertz CT molecular complexity index is 507. The molecule has 1 heterocycles. The number of hydrogen-bond donors (Lipinski definition) is 2. The molecule has 0 radical (unpaired) electrons. The Morgan fingerprint density at radius 1 is 1.21 bits per heavy atom. The van der Waals surface area contributed by atoms with Gasteiger partial charge in [-0.2, -0.15) is 15.0 Å². The fourth-order valence-electron chi connectivity index (χ4n) is 1.81. The summed E-state index contributed by atoms with van der Waals surface area (Å²) in [5.41, 5.74) is 2.88. The number of aromatic nitrogens is 3. The molecular weight excluding hydrogens is 240 g/mol. The molecule has 0 aliphatic rings. The average molecular weight is 260 g/mol. The quantitative estimate of drug-likeness (QED) is 0.775. The number of benzene rings is 1. The average Bonchev–Trinajstić information content (AvgIpc) is 2.84. The van der Waals surface area contributed by atoms with Crippen LogP contribution in [0.1, 0.15) is 25.6 Å². The highest BCUT2D eigenvalue weighted by atomic mass is 16.3. The van der Waals surface area contributed by atoms with Crippen LogP contribution in [0.4, 0.5) is 0 Å². The molecule has 1 aromatic heterocycles. The van der Waals surface area contributed by atoms with E-state index in [1.165, 1.54) is 0 Å². The van der Waals surface area contributed by atoms with Gasteiger partial charge in [-0.05, 0) is 13.8 Å². The van der Waals surface area contributed by atoms with E-state index in [1.807, 2.05) is 30.3 Å². The zero-order valence-electron chi connectivity index (χ0n) is 11.4. The van der Waals surface area contributed by atoms with Gasteiger partial charge in [0.1, 0.15) is 11.4 Å². The van der Waals surface area contributed by atoms with E-state index in [9.17, 15) is 0 Å². The lowest BCUT2D eigenvalue weighted by molar-refractivity contribution is 0.291. The van der Waals surface area contributed by atoms with E-state index in [-0.39, 0.29) is 12.6 Å². The van der Waals surface area contributed by atoms with Gasteiger partial charge < -0.3 is 10.4 Å². The molecule has 2 rings (SSSR count). The van der Waals surface area contributed by atoms with Crippen LogP contribution in [-0.2, 0) is 6.54 Å². The lowest BCUT2D eigenvalue weighted by Crippen LogP contribution is -2.18. The minimum atomic E-state index is 0.124. The van der Waals surface area contributed by atoms with E-state index in [0.29, 0.717) is 13.1 Å². The summed E-state index contributed by atoms with van der Waals surface area (Å²) in [6.45, 7) is 5.40. The molecule has 2 aromatic rings. The van der Waals surface area contributed by atoms with Crippen molar-refractivity contribution < 1.29 is 5.11 Å². The number of aliphatic hydroxyl groups is 1. The Morgan fingerprint density at radius 3 is 2.58 bits per heavy atom. The van der Waals surface area contributed by atoms with E-state index in [1.54, 1.807) is 4.80 Å². The number of rotatable bonds is 6. The van der Waals surface area contributed by atoms with E-state index in [0.717, 1.165) is 17.0 Å². The highest BCUT2D eigenvalue weighted by molar-refractivity contribution is 5.60. The van der Waals surface area contributed by atoms with Gasteiger partial charge in [-0.3, -0.25) is 0 Å². The molecule has 0 spiro atoms. The topological polar surface area (TPSA) is 63.0 Å². The van der Waals surface area contributed by atoms with Gasteiger partial charge in [-0.15, -0.1) is 0 Å². The number of nitrogens with zero attached hydrogens (tertiary/aromatic N) is 3. The van der Waals surface area contributed by atoms with Crippen LogP contribution in [0.25, 0.3) is 11.3 Å². The molecular formula is C14H20N4O. The molecule has 0 saturated heterocycles. The first-order chi connectivity index (χ1) is 9.22. The third-order valence-corrected chi connectivity index (χ3v) is 2.79. The molecule has 0 amide bonds. The fourth-order valence-corrected chi connectivity index (χ4v) is 1.81. The van der Waals surface area contributed by atoms with Gasteiger partial charge in [0.25, 0.3) is 0 Å². The van der Waals surface area contributed by atoms with Gasteiger partial charge in [0, 0.05) is 18.7 Å². The van der Waals surface area contributed by atoms with Gasteiger partial charge in [0.2, 0.25) is 0 Å². The first-order valence-electron chi connectivity index (χ1n) is 6.55. The maximum atomic E-state index is 8.82. The van der Waals surface area contributed by atoms with E-state index in [2.05, 4.69) is 29.4 Å². The smallest absolute Gasteiger partial charge is 0.117 e. The van der Waals surface area contributed by atoms with Gasteiger partial charge in [-0.25, -0.2) is 0 Å². The first-order valence-corrected chi connectivity index (χ1v) is 6.55. The van der Waals surface area contributed by atoms with Crippen LogP contribution in [0, 0.1) is 0 Å². The van der Waals surface area contributed by atoms with Crippen molar-refractivity contribution in [3.8, 4) is 11.3 Å². The van der Waals surface area contributed by atoms with Crippen LogP contribution < -0.4 is 5.32 Å². The molecule has 0 aliphatic carbocycles. The van der Waals surface area contributed by atoms with Crippen LogP contribution in [0.2, 0.25) is 0 Å². The minimum absolute atomic E-state index is 0.124. The Labute approximate surface area is 113 Å². The summed E-state index contributed by atoms with van der Waals surface area (Å²) in [5, 5.41) is 21.0. The van der Waals surface area contributed by atoms with Gasteiger partial charge in [0.05, 0.1) is 12.6 Å². The summed E-state index contributed by atoms with van der Waals surface area (Å²) in [5.74, 6) is 0. The molecule has 0 fully saturated rings. The lowest BCUT2D eigenvalue weighted by atomic mass is 10.1. The van der Waals surface area contributed by atoms with Crippen LogP contribution >= 0.6 is 0 Å². The maximum Gasteiger partial charge on any atom is 0.117 e. The van der Waals surface area contributed by atoms with Crippen molar-refractivity contribution in [2.45, 2.75) is 26.4 Å². The second-order valence-corrected chi connectivity index (χ2v) is 4.68. The molecule has 0 bridgehead atoms. The summed E-state index contributed by atoms with van der Waals surface area (Å²) >= 11 is 0. The molecule has 19 heavy (non-hydrogen) atoms. The third kappa shape index (κ3) is 3.39. The van der Waals surface area contributed by atoms with Gasteiger partial charge >= 0.3 is 0 Å². The van der Waals surface area contributed by atoms with Crippen molar-refractivity contribution >= 4 is 0 Å². The minimum Gasteiger partial charge on any atom is -0.395 e. The van der Waals surface area contributed by atoms with Gasteiger partial charge in [0.15, 0.2) is 0 Å². The molecule has 0 aliphatic heterocycles. The van der Waals surface area contributed by atoms with Crippen molar-refractivity contribution in [1.29, 1.82) is 0 Å². The van der Waals surface area contributed by atoms with Crippen molar-refractivity contribution in [2.75, 3.05) is 13.2 Å². The summed E-state index contributed by atoms with van der Waals surface area (Å²) in [6, 6.07) is 10.3. The van der Waals surface area contributed by atoms with Gasteiger partial charge in [-0.1, -0.05) is 30.3 Å². The van der Waals surface area contributed by atoms with Crippen molar-refractivity contribution in [1.82, 2.24) is 20.3 Å². The zero-order chi connectivity index (χ0) is 13.7. The highest BCUT2D eigenvalue weighted by Crippen LogP contribution is 2.20.